The monoisotopic (exact) mass is 392 g/mol. The highest BCUT2D eigenvalue weighted by atomic mass is 32.3. The molecule has 1 atom stereocenters. The van der Waals surface area contributed by atoms with E-state index in [0.29, 0.717) is 6.42 Å². The van der Waals surface area contributed by atoms with Crippen LogP contribution in [0.4, 0.5) is 0 Å². The maximum Gasteiger partial charge on any atom is 0.397 e. The Morgan fingerprint density at radius 1 is 0.692 bits per heavy atom. The summed E-state index contributed by atoms with van der Waals surface area (Å²) in [7, 11) is -4.25. The van der Waals surface area contributed by atoms with E-state index in [1.165, 1.54) is 89.9 Å². The Hall–Kier alpha value is -0.130. The first-order chi connectivity index (χ1) is 12.5. The second kappa shape index (κ2) is 18.2. The van der Waals surface area contributed by atoms with Gasteiger partial charge in [-0.3, -0.25) is 4.55 Å². The van der Waals surface area contributed by atoms with Crippen molar-refractivity contribution in [2.45, 2.75) is 123 Å². The van der Waals surface area contributed by atoms with Crippen LogP contribution >= 0.6 is 0 Å². The van der Waals surface area contributed by atoms with E-state index in [0.717, 1.165) is 18.8 Å². The SMILES string of the molecule is CCC(C)CCCCCCCCCCCCCCCCCOS(=O)(=O)O. The molecule has 26 heavy (non-hydrogen) atoms. The predicted molar refractivity (Wildman–Crippen MR) is 111 cm³/mol. The van der Waals surface area contributed by atoms with E-state index in [1.807, 2.05) is 0 Å². The molecule has 0 amide bonds. The summed E-state index contributed by atoms with van der Waals surface area (Å²) >= 11 is 0. The van der Waals surface area contributed by atoms with Gasteiger partial charge in [0, 0.05) is 0 Å². The summed E-state index contributed by atoms with van der Waals surface area (Å²) < 4.78 is 33.4. The second-order valence-corrected chi connectivity index (χ2v) is 8.95. The molecule has 0 aromatic rings. The van der Waals surface area contributed by atoms with Crippen LogP contribution in [0.5, 0.6) is 0 Å². The average molecular weight is 393 g/mol. The van der Waals surface area contributed by atoms with Crippen molar-refractivity contribution in [3.63, 3.8) is 0 Å². The van der Waals surface area contributed by atoms with Crippen LogP contribution in [0.15, 0.2) is 0 Å². The lowest BCUT2D eigenvalue weighted by molar-refractivity contribution is 0.261. The van der Waals surface area contributed by atoms with Gasteiger partial charge >= 0.3 is 10.4 Å². The van der Waals surface area contributed by atoms with E-state index in [4.69, 9.17) is 4.55 Å². The first-order valence-electron chi connectivity index (χ1n) is 11.1. The minimum absolute atomic E-state index is 0.0939. The second-order valence-electron chi connectivity index (χ2n) is 7.86. The van der Waals surface area contributed by atoms with Crippen molar-refractivity contribution in [2.75, 3.05) is 6.61 Å². The minimum atomic E-state index is -4.25. The molecule has 0 spiro atoms. The zero-order valence-electron chi connectivity index (χ0n) is 17.4. The fraction of sp³-hybridized carbons (Fsp3) is 1.00. The summed E-state index contributed by atoms with van der Waals surface area (Å²) in [6.07, 6.45) is 21.9. The van der Waals surface area contributed by atoms with Crippen molar-refractivity contribution < 1.29 is 17.2 Å². The van der Waals surface area contributed by atoms with Crippen LogP contribution in [-0.2, 0) is 14.6 Å². The molecule has 0 saturated heterocycles. The van der Waals surface area contributed by atoms with Gasteiger partial charge in [-0.1, -0.05) is 117 Å². The normalized spacial score (nSPS) is 13.2. The Labute approximate surface area is 163 Å². The summed E-state index contributed by atoms with van der Waals surface area (Å²) in [6.45, 7) is 4.75. The van der Waals surface area contributed by atoms with E-state index in [-0.39, 0.29) is 6.61 Å². The van der Waals surface area contributed by atoms with Crippen molar-refractivity contribution in [2.24, 2.45) is 5.92 Å². The lowest BCUT2D eigenvalue weighted by Gasteiger charge is -2.07. The van der Waals surface area contributed by atoms with Gasteiger partial charge in [-0.2, -0.15) is 8.42 Å². The standard InChI is InChI=1S/C21H44O4S/c1-3-21(2)19-17-15-13-11-9-7-5-4-6-8-10-12-14-16-18-20-25-26(22,23)24/h21H,3-20H2,1-2H3,(H,22,23,24). The topological polar surface area (TPSA) is 63.6 Å². The Bertz CT molecular complexity index is 381. The molecule has 0 aliphatic heterocycles. The van der Waals surface area contributed by atoms with Crippen LogP contribution in [0.1, 0.15) is 123 Å². The fourth-order valence-corrected chi connectivity index (χ4v) is 3.59. The van der Waals surface area contributed by atoms with Gasteiger partial charge in [0.15, 0.2) is 0 Å². The lowest BCUT2D eigenvalue weighted by atomic mass is 9.99. The third-order valence-electron chi connectivity index (χ3n) is 5.27. The molecule has 0 radical (unpaired) electrons. The van der Waals surface area contributed by atoms with E-state index in [2.05, 4.69) is 18.0 Å². The van der Waals surface area contributed by atoms with Crippen LogP contribution in [0.3, 0.4) is 0 Å². The molecule has 0 fully saturated rings. The smallest absolute Gasteiger partial charge is 0.264 e. The molecule has 5 heteroatoms. The quantitative estimate of drug-likeness (QED) is 0.177. The highest BCUT2D eigenvalue weighted by molar-refractivity contribution is 7.80. The molecule has 0 aliphatic rings. The molecule has 0 rings (SSSR count). The maximum absolute atomic E-state index is 10.4. The number of rotatable bonds is 20. The molecule has 0 saturated carbocycles. The van der Waals surface area contributed by atoms with E-state index in [1.54, 1.807) is 0 Å². The summed E-state index contributed by atoms with van der Waals surface area (Å²) in [6, 6.07) is 0. The molecule has 1 N–H and O–H groups in total. The van der Waals surface area contributed by atoms with Gasteiger partial charge in [0.05, 0.1) is 6.61 Å². The highest BCUT2D eigenvalue weighted by Gasteiger charge is 2.02. The van der Waals surface area contributed by atoms with Crippen molar-refractivity contribution in [1.82, 2.24) is 0 Å². The third kappa shape index (κ3) is 21.9. The molecular formula is C21H44O4S. The van der Waals surface area contributed by atoms with Crippen LogP contribution in [-0.4, -0.2) is 19.6 Å². The molecule has 0 heterocycles. The largest absolute Gasteiger partial charge is 0.397 e. The van der Waals surface area contributed by atoms with Crippen molar-refractivity contribution >= 4 is 10.4 Å². The Kier molecular flexibility index (Phi) is 18.2. The summed E-state index contributed by atoms with van der Waals surface area (Å²) in [5, 5.41) is 0. The summed E-state index contributed by atoms with van der Waals surface area (Å²) in [5.41, 5.74) is 0. The number of unbranched alkanes of at least 4 members (excludes halogenated alkanes) is 14. The predicted octanol–water partition coefficient (Wildman–Crippen LogP) is 7.09. The van der Waals surface area contributed by atoms with Gasteiger partial charge < -0.3 is 0 Å². The Balaban J connectivity index is 3.07. The molecule has 0 aromatic heterocycles. The van der Waals surface area contributed by atoms with Crippen molar-refractivity contribution in [3.05, 3.63) is 0 Å². The third-order valence-corrected chi connectivity index (χ3v) is 5.73. The van der Waals surface area contributed by atoms with Gasteiger partial charge in [0.1, 0.15) is 0 Å². The summed E-state index contributed by atoms with van der Waals surface area (Å²) in [5.74, 6) is 0.911. The highest BCUT2D eigenvalue weighted by Crippen LogP contribution is 2.16. The van der Waals surface area contributed by atoms with E-state index < -0.39 is 10.4 Å². The lowest BCUT2D eigenvalue weighted by Crippen LogP contribution is -2.04. The first kappa shape index (κ1) is 25.9. The number of hydrogen-bond donors (Lipinski definition) is 1. The van der Waals surface area contributed by atoms with Gasteiger partial charge in [0.25, 0.3) is 0 Å². The summed E-state index contributed by atoms with van der Waals surface area (Å²) in [4.78, 5) is 0. The molecule has 1 unspecified atom stereocenters. The van der Waals surface area contributed by atoms with Gasteiger partial charge in [-0.25, -0.2) is 4.18 Å². The molecule has 0 aliphatic carbocycles. The molecular weight excluding hydrogens is 348 g/mol. The van der Waals surface area contributed by atoms with Crippen molar-refractivity contribution in [1.29, 1.82) is 0 Å². The fourth-order valence-electron chi connectivity index (χ4n) is 3.26. The Morgan fingerprint density at radius 2 is 1.04 bits per heavy atom. The average Bonchev–Trinajstić information content (AvgIpc) is 2.59. The van der Waals surface area contributed by atoms with Gasteiger partial charge in [-0.15, -0.1) is 0 Å². The minimum Gasteiger partial charge on any atom is -0.264 e. The van der Waals surface area contributed by atoms with Crippen LogP contribution < -0.4 is 0 Å². The molecule has 0 aromatic carbocycles. The van der Waals surface area contributed by atoms with Crippen molar-refractivity contribution in [3.8, 4) is 0 Å². The van der Waals surface area contributed by atoms with Crippen LogP contribution in [0.25, 0.3) is 0 Å². The zero-order chi connectivity index (χ0) is 19.5. The first-order valence-corrected chi connectivity index (χ1v) is 12.4. The van der Waals surface area contributed by atoms with Gasteiger partial charge in [-0.05, 0) is 12.3 Å². The molecule has 0 bridgehead atoms. The zero-order valence-corrected chi connectivity index (χ0v) is 18.2. The molecule has 4 nitrogen and oxygen atoms in total. The maximum atomic E-state index is 10.4. The van der Waals surface area contributed by atoms with Crippen LogP contribution in [0.2, 0.25) is 0 Å². The van der Waals surface area contributed by atoms with E-state index in [9.17, 15) is 8.42 Å². The van der Waals surface area contributed by atoms with Gasteiger partial charge in [0.2, 0.25) is 0 Å². The van der Waals surface area contributed by atoms with E-state index >= 15 is 0 Å². The van der Waals surface area contributed by atoms with Crippen LogP contribution in [0, 0.1) is 5.92 Å². The number of hydrogen-bond acceptors (Lipinski definition) is 3. The molecule has 158 valence electrons. The Morgan fingerprint density at radius 3 is 1.38 bits per heavy atom.